The fourth-order valence-electron chi connectivity index (χ4n) is 1.38. The van der Waals surface area contributed by atoms with E-state index < -0.39 is 0 Å². The molecule has 0 spiro atoms. The summed E-state index contributed by atoms with van der Waals surface area (Å²) in [6.07, 6.45) is 1.38. The fraction of sp³-hybridized carbons (Fsp3) is 0.500. The predicted octanol–water partition coefficient (Wildman–Crippen LogP) is 0.663. The maximum atomic E-state index is 8.75. The third-order valence-corrected chi connectivity index (χ3v) is 2.15. The standard InChI is InChI=1S/C10H15N5O/c1-7(4-11)5-15(2)10-8(16-3)9(12)13-6-14-10/h6-7H,5H2,1-3H3,(H2,12,13,14). The maximum absolute atomic E-state index is 8.75. The normalized spacial score (nSPS) is 11.6. The summed E-state index contributed by atoms with van der Waals surface area (Å²) in [4.78, 5) is 9.76. The van der Waals surface area contributed by atoms with Crippen LogP contribution in [-0.4, -0.2) is 30.7 Å². The average Bonchev–Trinajstić information content (AvgIpc) is 2.28. The summed E-state index contributed by atoms with van der Waals surface area (Å²) >= 11 is 0. The van der Waals surface area contributed by atoms with Gasteiger partial charge in [0.1, 0.15) is 6.33 Å². The van der Waals surface area contributed by atoms with Crippen molar-refractivity contribution in [3.05, 3.63) is 6.33 Å². The minimum Gasteiger partial charge on any atom is -0.490 e. The van der Waals surface area contributed by atoms with Crippen molar-refractivity contribution in [3.63, 3.8) is 0 Å². The molecule has 0 fully saturated rings. The largest absolute Gasteiger partial charge is 0.490 e. The van der Waals surface area contributed by atoms with E-state index in [4.69, 9.17) is 15.7 Å². The molecule has 1 rings (SSSR count). The molecular weight excluding hydrogens is 206 g/mol. The molecule has 0 amide bonds. The SMILES string of the molecule is COc1c(N)ncnc1N(C)CC(C)C#N. The van der Waals surface area contributed by atoms with Crippen LogP contribution >= 0.6 is 0 Å². The van der Waals surface area contributed by atoms with E-state index in [0.29, 0.717) is 23.9 Å². The number of aromatic nitrogens is 2. The molecule has 0 aromatic carbocycles. The van der Waals surface area contributed by atoms with Gasteiger partial charge >= 0.3 is 0 Å². The zero-order chi connectivity index (χ0) is 12.1. The number of methoxy groups -OCH3 is 1. The van der Waals surface area contributed by atoms with Crippen LogP contribution in [0, 0.1) is 17.2 Å². The van der Waals surface area contributed by atoms with Crippen LogP contribution in [0.25, 0.3) is 0 Å². The lowest BCUT2D eigenvalue weighted by molar-refractivity contribution is 0.413. The van der Waals surface area contributed by atoms with Crippen LogP contribution < -0.4 is 15.4 Å². The van der Waals surface area contributed by atoms with Gasteiger partial charge in [0.05, 0.1) is 19.1 Å². The molecule has 6 nitrogen and oxygen atoms in total. The first kappa shape index (κ1) is 12.0. The number of hydrogen-bond donors (Lipinski definition) is 1. The van der Waals surface area contributed by atoms with E-state index in [1.165, 1.54) is 13.4 Å². The number of nitrogen functional groups attached to an aromatic ring is 1. The van der Waals surface area contributed by atoms with Gasteiger partial charge in [-0.2, -0.15) is 5.26 Å². The molecule has 2 N–H and O–H groups in total. The second-order valence-corrected chi connectivity index (χ2v) is 3.53. The number of hydrogen-bond acceptors (Lipinski definition) is 6. The van der Waals surface area contributed by atoms with E-state index in [9.17, 15) is 0 Å². The molecule has 1 unspecified atom stereocenters. The molecule has 0 aliphatic rings. The molecule has 1 heterocycles. The Hall–Kier alpha value is -2.03. The van der Waals surface area contributed by atoms with Gasteiger partial charge in [0.2, 0.25) is 5.75 Å². The van der Waals surface area contributed by atoms with Crippen LogP contribution in [0.3, 0.4) is 0 Å². The van der Waals surface area contributed by atoms with E-state index >= 15 is 0 Å². The van der Waals surface area contributed by atoms with Crippen LogP contribution in [0.5, 0.6) is 5.75 Å². The van der Waals surface area contributed by atoms with Gasteiger partial charge in [0, 0.05) is 13.6 Å². The minimum atomic E-state index is -0.0918. The molecule has 0 aliphatic carbocycles. The summed E-state index contributed by atoms with van der Waals surface area (Å²) in [5.74, 6) is 1.24. The van der Waals surface area contributed by atoms with Gasteiger partial charge in [-0.1, -0.05) is 0 Å². The zero-order valence-electron chi connectivity index (χ0n) is 9.64. The van der Waals surface area contributed by atoms with E-state index in [1.54, 1.807) is 0 Å². The summed E-state index contributed by atoms with van der Waals surface area (Å²) in [6.45, 7) is 2.40. The highest BCUT2D eigenvalue weighted by molar-refractivity contribution is 5.62. The van der Waals surface area contributed by atoms with Gasteiger partial charge in [-0.05, 0) is 6.92 Å². The average molecular weight is 221 g/mol. The van der Waals surface area contributed by atoms with Crippen LogP contribution in [0.1, 0.15) is 6.92 Å². The third-order valence-electron chi connectivity index (χ3n) is 2.15. The first-order valence-electron chi connectivity index (χ1n) is 4.85. The molecule has 1 aromatic heterocycles. The summed E-state index contributed by atoms with van der Waals surface area (Å²) in [7, 11) is 3.35. The molecule has 1 atom stereocenters. The monoisotopic (exact) mass is 221 g/mol. The lowest BCUT2D eigenvalue weighted by Gasteiger charge is -2.21. The van der Waals surface area contributed by atoms with Crippen molar-refractivity contribution in [1.29, 1.82) is 5.26 Å². The smallest absolute Gasteiger partial charge is 0.204 e. The molecular formula is C10H15N5O. The van der Waals surface area contributed by atoms with Crippen molar-refractivity contribution in [2.75, 3.05) is 31.3 Å². The van der Waals surface area contributed by atoms with Crippen LogP contribution in [0.4, 0.5) is 11.6 Å². The third kappa shape index (κ3) is 2.51. The van der Waals surface area contributed by atoms with Crippen molar-refractivity contribution >= 4 is 11.6 Å². The Labute approximate surface area is 94.7 Å². The quantitative estimate of drug-likeness (QED) is 0.803. The minimum absolute atomic E-state index is 0.0918. The number of anilines is 2. The van der Waals surface area contributed by atoms with E-state index in [-0.39, 0.29) is 5.92 Å². The van der Waals surface area contributed by atoms with Crippen LogP contribution in [-0.2, 0) is 0 Å². The van der Waals surface area contributed by atoms with E-state index in [0.717, 1.165) is 0 Å². The van der Waals surface area contributed by atoms with Gasteiger partial charge in [0.15, 0.2) is 11.6 Å². The highest BCUT2D eigenvalue weighted by Gasteiger charge is 2.15. The van der Waals surface area contributed by atoms with E-state index in [1.807, 2.05) is 18.9 Å². The number of nitrogens with zero attached hydrogens (tertiary/aromatic N) is 4. The number of nitrogens with two attached hydrogens (primary N) is 1. The summed E-state index contributed by atoms with van der Waals surface area (Å²) in [5, 5.41) is 8.75. The Morgan fingerprint density at radius 3 is 2.88 bits per heavy atom. The molecule has 6 heteroatoms. The van der Waals surface area contributed by atoms with Gasteiger partial charge in [-0.15, -0.1) is 0 Å². The van der Waals surface area contributed by atoms with Crippen molar-refractivity contribution in [2.45, 2.75) is 6.92 Å². The number of rotatable bonds is 4. The molecule has 0 aliphatic heterocycles. The molecule has 0 radical (unpaired) electrons. The van der Waals surface area contributed by atoms with E-state index in [2.05, 4.69) is 16.0 Å². The number of nitriles is 1. The topological polar surface area (TPSA) is 88.1 Å². The second kappa shape index (κ2) is 5.16. The highest BCUT2D eigenvalue weighted by atomic mass is 16.5. The molecule has 16 heavy (non-hydrogen) atoms. The van der Waals surface area contributed by atoms with Gasteiger partial charge in [0.25, 0.3) is 0 Å². The predicted molar refractivity (Wildman–Crippen MR) is 61.0 cm³/mol. The van der Waals surface area contributed by atoms with Crippen molar-refractivity contribution in [2.24, 2.45) is 5.92 Å². The van der Waals surface area contributed by atoms with Crippen LogP contribution in [0.15, 0.2) is 6.33 Å². The molecule has 0 saturated carbocycles. The van der Waals surface area contributed by atoms with Crippen LogP contribution in [0.2, 0.25) is 0 Å². The zero-order valence-corrected chi connectivity index (χ0v) is 9.64. The van der Waals surface area contributed by atoms with Gasteiger partial charge in [-0.25, -0.2) is 9.97 Å². The first-order valence-corrected chi connectivity index (χ1v) is 4.85. The Balaban J connectivity index is 2.95. The highest BCUT2D eigenvalue weighted by Crippen LogP contribution is 2.29. The molecule has 0 bridgehead atoms. The molecule has 86 valence electrons. The Bertz CT molecular complexity index is 401. The maximum Gasteiger partial charge on any atom is 0.204 e. The van der Waals surface area contributed by atoms with Gasteiger partial charge in [-0.3, -0.25) is 0 Å². The Kier molecular flexibility index (Phi) is 3.89. The summed E-state index contributed by atoms with van der Waals surface area (Å²) in [6, 6.07) is 2.16. The Morgan fingerprint density at radius 1 is 1.62 bits per heavy atom. The van der Waals surface area contributed by atoms with Crippen molar-refractivity contribution in [3.8, 4) is 11.8 Å². The lowest BCUT2D eigenvalue weighted by Crippen LogP contribution is -2.25. The molecule has 0 saturated heterocycles. The summed E-state index contributed by atoms with van der Waals surface area (Å²) < 4.78 is 5.14. The van der Waals surface area contributed by atoms with Gasteiger partial charge < -0.3 is 15.4 Å². The fourth-order valence-corrected chi connectivity index (χ4v) is 1.38. The summed E-state index contributed by atoms with van der Waals surface area (Å²) in [5.41, 5.74) is 5.67. The Morgan fingerprint density at radius 2 is 2.31 bits per heavy atom. The van der Waals surface area contributed by atoms with Crippen molar-refractivity contribution in [1.82, 2.24) is 9.97 Å². The molecule has 1 aromatic rings. The lowest BCUT2D eigenvalue weighted by atomic mass is 10.2. The number of ether oxygens (including phenoxy) is 1. The second-order valence-electron chi connectivity index (χ2n) is 3.53. The van der Waals surface area contributed by atoms with Crippen molar-refractivity contribution < 1.29 is 4.74 Å². The first-order chi connectivity index (χ1) is 7.60.